The predicted molar refractivity (Wildman–Crippen MR) is 116 cm³/mol. The lowest BCUT2D eigenvalue weighted by Gasteiger charge is -2.29. The molecule has 1 aromatic rings. The van der Waals surface area contributed by atoms with Gasteiger partial charge in [0.05, 0.1) is 0 Å². The highest BCUT2D eigenvalue weighted by Gasteiger charge is 2.25. The molecule has 3 aliphatic rings. The molecule has 2 unspecified atom stereocenters. The lowest BCUT2D eigenvalue weighted by molar-refractivity contribution is 0.568. The van der Waals surface area contributed by atoms with E-state index in [9.17, 15) is 0 Å². The van der Waals surface area contributed by atoms with E-state index in [1.54, 1.807) is 0 Å². The third kappa shape index (κ3) is 3.48. The Labute approximate surface area is 162 Å². The Hall–Kier alpha value is -1.93. The summed E-state index contributed by atoms with van der Waals surface area (Å²) < 4.78 is 0. The van der Waals surface area contributed by atoms with Crippen molar-refractivity contribution in [2.75, 3.05) is 5.73 Å². The first-order chi connectivity index (χ1) is 12.7. The molecule has 3 aliphatic carbocycles. The van der Waals surface area contributed by atoms with Crippen LogP contribution in [0.2, 0.25) is 0 Å². The smallest absolute Gasteiger partial charge is 0.0393 e. The second kappa shape index (κ2) is 7.75. The van der Waals surface area contributed by atoms with Crippen molar-refractivity contribution in [2.24, 2.45) is 5.92 Å². The van der Waals surface area contributed by atoms with Crippen LogP contribution in [0.4, 0.5) is 5.69 Å². The van der Waals surface area contributed by atoms with Gasteiger partial charge in [0, 0.05) is 22.4 Å². The van der Waals surface area contributed by atoms with E-state index >= 15 is 0 Å². The summed E-state index contributed by atoms with van der Waals surface area (Å²) in [6.45, 7) is 0. The maximum absolute atomic E-state index is 6.43. The minimum atomic E-state index is 0.324. The van der Waals surface area contributed by atoms with E-state index in [-0.39, 0.29) is 0 Å². The van der Waals surface area contributed by atoms with E-state index in [4.69, 9.17) is 18.4 Å². The second-order valence-electron chi connectivity index (χ2n) is 7.48. The zero-order valence-electron chi connectivity index (χ0n) is 15.1. The molecule has 0 fully saturated rings. The Morgan fingerprint density at radius 3 is 2.81 bits per heavy atom. The summed E-state index contributed by atoms with van der Waals surface area (Å²) in [6, 6.07) is 6.41. The third-order valence-corrected chi connectivity index (χ3v) is 6.31. The van der Waals surface area contributed by atoms with E-state index in [1.807, 2.05) is 6.07 Å². The Bertz CT molecular complexity index is 825. The van der Waals surface area contributed by atoms with Gasteiger partial charge < -0.3 is 5.73 Å². The highest BCUT2D eigenvalue weighted by atomic mass is 32.1. The fourth-order valence-corrected chi connectivity index (χ4v) is 4.87. The number of nitrogens with two attached hydrogens (primary N) is 1. The molecule has 0 saturated carbocycles. The van der Waals surface area contributed by atoms with Gasteiger partial charge in [0.25, 0.3) is 0 Å². The van der Waals surface area contributed by atoms with Crippen molar-refractivity contribution in [3.8, 4) is 0 Å². The van der Waals surface area contributed by atoms with Crippen LogP contribution in [-0.2, 0) is 0 Å². The summed E-state index contributed by atoms with van der Waals surface area (Å²) in [5, 5.41) is 0.324. The molecule has 2 N–H and O–H groups in total. The molecule has 4 rings (SSSR count). The summed E-state index contributed by atoms with van der Waals surface area (Å²) >= 11 is 4.80. The molecule has 0 heterocycles. The van der Waals surface area contributed by atoms with Gasteiger partial charge >= 0.3 is 0 Å². The van der Waals surface area contributed by atoms with Gasteiger partial charge in [0.15, 0.2) is 0 Å². The molecule has 0 amide bonds. The van der Waals surface area contributed by atoms with Crippen LogP contribution in [0.1, 0.15) is 49.1 Å². The first kappa shape index (κ1) is 17.5. The fourth-order valence-electron chi connectivity index (χ4n) is 4.43. The van der Waals surface area contributed by atoms with Crippen LogP contribution in [0.3, 0.4) is 0 Å². The summed E-state index contributed by atoms with van der Waals surface area (Å²) in [6.07, 6.45) is 23.8. The highest BCUT2D eigenvalue weighted by Crippen LogP contribution is 2.40. The monoisotopic (exact) mass is 361 g/mol. The lowest BCUT2D eigenvalue weighted by atomic mass is 9.78. The molecule has 26 heavy (non-hydrogen) atoms. The summed E-state index contributed by atoms with van der Waals surface area (Å²) in [5.41, 5.74) is 12.8. The third-order valence-electron chi connectivity index (χ3n) is 5.78. The van der Waals surface area contributed by atoms with Gasteiger partial charge in [-0.3, -0.25) is 0 Å². The van der Waals surface area contributed by atoms with E-state index in [0.717, 1.165) is 31.4 Å². The topological polar surface area (TPSA) is 26.0 Å². The number of rotatable bonds is 3. The van der Waals surface area contributed by atoms with Crippen molar-refractivity contribution in [3.63, 3.8) is 0 Å². The zero-order valence-corrected chi connectivity index (χ0v) is 16.0. The number of hydrogen-bond donors (Lipinski definition) is 2. The number of anilines is 1. The van der Waals surface area contributed by atoms with Crippen molar-refractivity contribution in [1.82, 2.24) is 0 Å². The number of hydrogen-bond acceptors (Lipinski definition) is 2. The zero-order chi connectivity index (χ0) is 17.9. The first-order valence-electron chi connectivity index (χ1n) is 9.71. The van der Waals surface area contributed by atoms with Crippen LogP contribution in [0.25, 0.3) is 5.57 Å². The summed E-state index contributed by atoms with van der Waals surface area (Å²) in [4.78, 5) is 0. The summed E-state index contributed by atoms with van der Waals surface area (Å²) in [5.74, 6) is 0.912. The van der Waals surface area contributed by atoms with Gasteiger partial charge in [0.1, 0.15) is 0 Å². The second-order valence-corrected chi connectivity index (χ2v) is 8.08. The van der Waals surface area contributed by atoms with Crippen molar-refractivity contribution in [3.05, 3.63) is 83.5 Å². The van der Waals surface area contributed by atoms with E-state index in [1.165, 1.54) is 28.7 Å². The average molecular weight is 362 g/mol. The lowest BCUT2D eigenvalue weighted by Crippen LogP contribution is -2.19. The molecule has 1 nitrogen and oxygen atoms in total. The normalized spacial score (nSPS) is 28.0. The Morgan fingerprint density at radius 2 is 2.00 bits per heavy atom. The molecular formula is C24H27NS. The highest BCUT2D eigenvalue weighted by molar-refractivity contribution is 7.81. The van der Waals surface area contributed by atoms with Crippen molar-refractivity contribution >= 4 is 23.9 Å². The van der Waals surface area contributed by atoms with Crippen LogP contribution in [0, 0.1) is 5.92 Å². The predicted octanol–water partition coefficient (Wildman–Crippen LogP) is 6.24. The van der Waals surface area contributed by atoms with Crippen LogP contribution in [0.5, 0.6) is 0 Å². The van der Waals surface area contributed by atoms with Crippen LogP contribution in [-0.4, -0.2) is 5.25 Å². The van der Waals surface area contributed by atoms with Crippen molar-refractivity contribution in [1.29, 1.82) is 0 Å². The van der Waals surface area contributed by atoms with Gasteiger partial charge in [-0.1, -0.05) is 60.7 Å². The Morgan fingerprint density at radius 1 is 1.08 bits per heavy atom. The number of nitrogen functional groups attached to an aromatic ring is 1. The minimum Gasteiger partial charge on any atom is -0.398 e. The standard InChI is InChI=1S/C24H27NS/c25-22-14-7-13-21(24(22)17-8-2-1-3-9-17)19-11-6-10-18(16-19)20-12-4-5-15-23(20)26/h1-2,5-8,10,13-16,19-20,23,26H,3-4,9,11-12,25H2/t19-,20?,23?/m1/s1. The molecule has 3 atom stereocenters. The van der Waals surface area contributed by atoms with Gasteiger partial charge in [-0.25, -0.2) is 0 Å². The van der Waals surface area contributed by atoms with Gasteiger partial charge in [0.2, 0.25) is 0 Å². The largest absolute Gasteiger partial charge is 0.398 e. The maximum atomic E-state index is 6.43. The van der Waals surface area contributed by atoms with Gasteiger partial charge in [-0.2, -0.15) is 12.6 Å². The molecule has 0 aromatic heterocycles. The van der Waals surface area contributed by atoms with Crippen LogP contribution >= 0.6 is 12.6 Å². The van der Waals surface area contributed by atoms with Gasteiger partial charge in [-0.15, -0.1) is 0 Å². The van der Waals surface area contributed by atoms with E-state index < -0.39 is 0 Å². The molecule has 0 saturated heterocycles. The van der Waals surface area contributed by atoms with E-state index in [0.29, 0.717) is 17.1 Å². The van der Waals surface area contributed by atoms with Gasteiger partial charge in [-0.05, 0) is 60.8 Å². The molecule has 0 bridgehead atoms. The molecule has 0 radical (unpaired) electrons. The molecule has 0 aliphatic heterocycles. The number of benzene rings is 1. The number of thiol groups is 1. The molecule has 2 heteroatoms. The Kier molecular flexibility index (Phi) is 5.21. The minimum absolute atomic E-state index is 0.324. The fraction of sp³-hybridized carbons (Fsp3) is 0.333. The van der Waals surface area contributed by atoms with Crippen molar-refractivity contribution in [2.45, 2.75) is 43.3 Å². The molecular weight excluding hydrogens is 334 g/mol. The van der Waals surface area contributed by atoms with E-state index in [2.05, 4.69) is 60.7 Å². The van der Waals surface area contributed by atoms with Crippen molar-refractivity contribution < 1.29 is 0 Å². The first-order valence-corrected chi connectivity index (χ1v) is 10.2. The quantitative estimate of drug-likeness (QED) is 0.372. The SMILES string of the molecule is Nc1cccc([C@H]2C=C(C3CCC=CC3S)C=CC2)c1C1=CC=CCC1. The molecule has 0 spiro atoms. The number of allylic oxidation sites excluding steroid dienone is 9. The average Bonchev–Trinajstić information content (AvgIpc) is 2.69. The maximum Gasteiger partial charge on any atom is 0.0393 e. The van der Waals surface area contributed by atoms with Crippen LogP contribution in [0.15, 0.2) is 72.4 Å². The molecule has 134 valence electrons. The summed E-state index contributed by atoms with van der Waals surface area (Å²) in [7, 11) is 0. The van der Waals surface area contributed by atoms with Crippen LogP contribution < -0.4 is 5.73 Å². The Balaban J connectivity index is 1.71. The molecule has 1 aromatic carbocycles.